The Morgan fingerprint density at radius 2 is 0.988 bits per heavy atom. The fraction of sp³-hybridized carbons (Fsp3) is 0.459. The Morgan fingerprint density at radius 1 is 0.617 bits per heavy atom. The first kappa shape index (κ1) is 63.7. The van der Waals surface area contributed by atoms with Crippen molar-refractivity contribution < 1.29 is 38.8 Å². The summed E-state index contributed by atoms with van der Waals surface area (Å²) in [5.74, 6) is -1.76. The average molecular weight is 1110 g/mol. The molecule has 20 heteroatoms. The highest BCUT2D eigenvalue weighted by Crippen LogP contribution is 2.39. The fourth-order valence-corrected chi connectivity index (χ4v) is 10.6. The molecule has 0 unspecified atom stereocenters. The standard InChI is InChI=1S/C61H80N12O8/c1-10-34-67(39-56(77)68(38-53(62)74)44(2)48-24-15-11-16-25-48)55(76)40-70(46(4)50-28-19-13-20-29-50)58(79)43-72(52-35-60(6,7)73(81)61(8,9)36-52)59(80)42-71(47(5)51-30-21-14-22-31-51)57(78)41-69(45(3)49-26-17-12-18-27-49)54(75)37-64-32-23-33-65-66-63/h1,11-22,24-31,44-47,52,64,81H,23,32-43H2,2-9H3,(H2,62,74)/t44-,45-,46-,47-/m0/s1. The number of amides is 7. The Kier molecular flexibility index (Phi) is 23.6. The number of hydrogen-bond donors (Lipinski definition) is 3. The summed E-state index contributed by atoms with van der Waals surface area (Å²) in [6.45, 7) is 11.5. The molecule has 0 bridgehead atoms. The van der Waals surface area contributed by atoms with Gasteiger partial charge < -0.3 is 45.7 Å². The van der Waals surface area contributed by atoms with E-state index in [4.69, 9.17) is 17.7 Å². The maximum atomic E-state index is 15.6. The van der Waals surface area contributed by atoms with E-state index in [1.54, 1.807) is 69.3 Å². The average Bonchev–Trinajstić information content (AvgIpc) is 3.47. The third kappa shape index (κ3) is 17.7. The van der Waals surface area contributed by atoms with Crippen LogP contribution in [0.5, 0.6) is 0 Å². The number of nitrogens with two attached hydrogens (primary N) is 1. The molecule has 4 aromatic carbocycles. The van der Waals surface area contributed by atoms with Crippen molar-refractivity contribution in [3.05, 3.63) is 154 Å². The summed E-state index contributed by atoms with van der Waals surface area (Å²) >= 11 is 0. The van der Waals surface area contributed by atoms with Gasteiger partial charge in [-0.25, -0.2) is 0 Å². The lowest BCUT2D eigenvalue weighted by Crippen LogP contribution is -2.65. The van der Waals surface area contributed by atoms with Crippen LogP contribution >= 0.6 is 0 Å². The van der Waals surface area contributed by atoms with Gasteiger partial charge in [0.2, 0.25) is 41.4 Å². The molecule has 7 amide bonds. The molecule has 1 heterocycles. The molecule has 1 aliphatic heterocycles. The van der Waals surface area contributed by atoms with Gasteiger partial charge in [0.15, 0.2) is 0 Å². The number of carbonyl (C=O) groups is 7. The molecule has 0 aliphatic carbocycles. The van der Waals surface area contributed by atoms with Gasteiger partial charge in [0, 0.05) is 28.6 Å². The Hall–Kier alpha value is -8.08. The van der Waals surface area contributed by atoms with Crippen molar-refractivity contribution in [2.45, 2.75) is 116 Å². The van der Waals surface area contributed by atoms with Gasteiger partial charge in [-0.3, -0.25) is 33.6 Å². The van der Waals surface area contributed by atoms with E-state index in [0.29, 0.717) is 24.1 Å². The zero-order valence-electron chi connectivity index (χ0n) is 48.1. The number of hydrogen-bond acceptors (Lipinski definition) is 11. The maximum Gasteiger partial charge on any atom is 0.243 e. The van der Waals surface area contributed by atoms with Crippen molar-refractivity contribution in [3.8, 4) is 12.3 Å². The fourth-order valence-electron chi connectivity index (χ4n) is 10.6. The van der Waals surface area contributed by atoms with Crippen LogP contribution in [0.4, 0.5) is 0 Å². The molecule has 1 aliphatic rings. The van der Waals surface area contributed by atoms with E-state index in [1.807, 2.05) is 107 Å². The smallest absolute Gasteiger partial charge is 0.243 e. The van der Waals surface area contributed by atoms with Crippen molar-refractivity contribution in [1.29, 1.82) is 0 Å². The molecular weight excluding hydrogens is 1030 g/mol. The second-order valence-electron chi connectivity index (χ2n) is 21.9. The molecule has 1 fully saturated rings. The number of rotatable bonds is 28. The minimum absolute atomic E-state index is 0.128. The first-order valence-electron chi connectivity index (χ1n) is 27.4. The molecule has 0 radical (unpaired) electrons. The van der Waals surface area contributed by atoms with E-state index in [0.717, 1.165) is 16.0 Å². The molecular formula is C61H80N12O8. The number of benzene rings is 4. The molecule has 432 valence electrons. The largest absolute Gasteiger partial charge is 0.368 e. The Bertz CT molecular complexity index is 2830. The molecule has 4 N–H and O–H groups in total. The summed E-state index contributed by atoms with van der Waals surface area (Å²) in [6, 6.07) is 33.1. The molecule has 81 heavy (non-hydrogen) atoms. The monoisotopic (exact) mass is 1110 g/mol. The van der Waals surface area contributed by atoms with Crippen molar-refractivity contribution >= 4 is 41.4 Å². The van der Waals surface area contributed by atoms with Gasteiger partial charge in [0.05, 0.1) is 43.8 Å². The third-order valence-electron chi connectivity index (χ3n) is 15.1. The number of piperidine rings is 1. The third-order valence-corrected chi connectivity index (χ3v) is 15.1. The quantitative estimate of drug-likeness (QED) is 0.0176. The highest BCUT2D eigenvalue weighted by molar-refractivity contribution is 5.93. The number of nitrogens with one attached hydrogen (secondary N) is 1. The predicted octanol–water partition coefficient (Wildman–Crippen LogP) is 6.82. The van der Waals surface area contributed by atoms with Crippen LogP contribution in [-0.4, -0.2) is 164 Å². The molecule has 1 saturated heterocycles. The first-order chi connectivity index (χ1) is 38.5. The number of nitrogens with zero attached hydrogens (tertiary/aromatic N) is 10. The summed E-state index contributed by atoms with van der Waals surface area (Å²) in [4.78, 5) is 113. The molecule has 0 saturated carbocycles. The number of terminal acetylenes is 1. The summed E-state index contributed by atoms with van der Waals surface area (Å²) in [7, 11) is 0. The molecule has 4 atom stereocenters. The molecule has 0 aromatic heterocycles. The lowest BCUT2D eigenvalue weighted by atomic mass is 9.78. The van der Waals surface area contributed by atoms with Crippen LogP contribution in [0, 0.1) is 12.3 Å². The Balaban J connectivity index is 1.54. The molecule has 20 nitrogen and oxygen atoms in total. The SMILES string of the molecule is C#CCN(CC(=O)N(CC(N)=O)[C@@H](C)c1ccccc1)C(=O)CN(C(=O)CN(C(=O)CN(C(=O)CN(C(=O)CNCCCN=[N+]=[N-])[C@@H](C)c1ccccc1)[C@@H](C)c1ccccc1)C1CC(C)(C)N(O)C(C)(C)C1)[C@@H](C)c1ccccc1. The van der Waals surface area contributed by atoms with E-state index in [9.17, 15) is 24.4 Å². The van der Waals surface area contributed by atoms with Crippen LogP contribution in [-0.2, 0) is 33.6 Å². The second kappa shape index (κ2) is 29.9. The predicted molar refractivity (Wildman–Crippen MR) is 309 cm³/mol. The number of hydroxylamine groups is 2. The van der Waals surface area contributed by atoms with Crippen LogP contribution in [0.25, 0.3) is 10.4 Å². The summed E-state index contributed by atoms with van der Waals surface area (Å²) in [6.07, 6.45) is 6.71. The zero-order valence-corrected chi connectivity index (χ0v) is 48.1. The number of azide groups is 1. The summed E-state index contributed by atoms with van der Waals surface area (Å²) in [5, 5.41) is 19.4. The normalized spacial score (nSPS) is 15.3. The number of primary amides is 1. The van der Waals surface area contributed by atoms with Crippen molar-refractivity contribution in [3.63, 3.8) is 0 Å². The molecule has 5 rings (SSSR count). The van der Waals surface area contributed by atoms with Crippen LogP contribution in [0.2, 0.25) is 0 Å². The van der Waals surface area contributed by atoms with Gasteiger partial charge in [0.1, 0.15) is 32.7 Å². The summed E-state index contributed by atoms with van der Waals surface area (Å²) < 4.78 is 0. The van der Waals surface area contributed by atoms with Gasteiger partial charge in [-0.05, 0) is 109 Å². The van der Waals surface area contributed by atoms with E-state index in [-0.39, 0.29) is 38.4 Å². The van der Waals surface area contributed by atoms with Crippen molar-refractivity contribution in [2.24, 2.45) is 10.8 Å². The zero-order chi connectivity index (χ0) is 59.4. The van der Waals surface area contributed by atoms with Gasteiger partial charge in [-0.1, -0.05) is 132 Å². The molecule has 0 spiro atoms. The van der Waals surface area contributed by atoms with E-state index in [2.05, 4.69) is 21.3 Å². The van der Waals surface area contributed by atoms with Gasteiger partial charge in [0.25, 0.3) is 0 Å². The van der Waals surface area contributed by atoms with Crippen LogP contribution in [0.3, 0.4) is 0 Å². The van der Waals surface area contributed by atoms with Crippen LogP contribution < -0.4 is 11.1 Å². The van der Waals surface area contributed by atoms with Gasteiger partial charge >= 0.3 is 0 Å². The summed E-state index contributed by atoms with van der Waals surface area (Å²) in [5.41, 5.74) is 15.4. The first-order valence-corrected chi connectivity index (χ1v) is 27.4. The molecule has 4 aromatic rings. The number of carbonyl (C=O) groups excluding carboxylic acids is 7. The maximum absolute atomic E-state index is 15.6. The minimum atomic E-state index is -0.915. The highest BCUT2D eigenvalue weighted by atomic mass is 16.5. The van der Waals surface area contributed by atoms with E-state index < -0.39 is 116 Å². The van der Waals surface area contributed by atoms with Crippen LogP contribution in [0.1, 0.15) is 121 Å². The van der Waals surface area contributed by atoms with Gasteiger partial charge in [-0.15, -0.1) is 6.42 Å². The minimum Gasteiger partial charge on any atom is -0.368 e. The highest BCUT2D eigenvalue weighted by Gasteiger charge is 2.48. The van der Waals surface area contributed by atoms with E-state index in [1.165, 1.54) is 29.6 Å². The van der Waals surface area contributed by atoms with Crippen molar-refractivity contribution in [2.75, 3.05) is 65.4 Å². The van der Waals surface area contributed by atoms with E-state index >= 15 is 14.4 Å². The lowest BCUT2D eigenvalue weighted by molar-refractivity contribution is -0.251. The van der Waals surface area contributed by atoms with Crippen molar-refractivity contribution in [1.82, 2.24) is 39.8 Å². The van der Waals surface area contributed by atoms with Crippen LogP contribution in [0.15, 0.2) is 126 Å². The second-order valence-corrected chi connectivity index (χ2v) is 21.9. The van der Waals surface area contributed by atoms with Gasteiger partial charge in [-0.2, -0.15) is 5.06 Å². The lowest BCUT2D eigenvalue weighted by Gasteiger charge is -2.53. The Morgan fingerprint density at radius 3 is 1.40 bits per heavy atom. The Labute approximate surface area is 476 Å². The topological polar surface area (TPSA) is 249 Å².